The maximum Gasteiger partial charge on any atom is 0.0693 e. The molecule has 1 unspecified atom stereocenters. The van der Waals surface area contributed by atoms with Crippen molar-refractivity contribution in [2.75, 3.05) is 0 Å². The van der Waals surface area contributed by atoms with Crippen molar-refractivity contribution in [1.29, 1.82) is 0 Å². The van der Waals surface area contributed by atoms with Crippen molar-refractivity contribution in [2.45, 2.75) is 83.6 Å². The Labute approximate surface area is 203 Å². The van der Waals surface area contributed by atoms with Gasteiger partial charge in [-0.3, -0.25) is 4.98 Å². The molecule has 2 aromatic heterocycles. The number of hydrogen-bond donors (Lipinski definition) is 0. The van der Waals surface area contributed by atoms with Crippen LogP contribution in [0.25, 0.3) is 10.8 Å². The maximum absolute atomic E-state index is 4.39. The summed E-state index contributed by atoms with van der Waals surface area (Å²) >= 11 is 0. The summed E-state index contributed by atoms with van der Waals surface area (Å²) in [5, 5.41) is 11.1. The zero-order valence-corrected chi connectivity index (χ0v) is 20.7. The SMILES string of the molecule is C[C@]12CC[C@H]3[C@@H](CCC4C[C@@H](n5ccnn5)CC[C@@]43C)[C@@H]1CC[C@@H]2c1ccc2ccncc2c1. The first-order valence-corrected chi connectivity index (χ1v) is 13.8. The summed E-state index contributed by atoms with van der Waals surface area (Å²) in [6.45, 7) is 5.34. The van der Waals surface area contributed by atoms with Gasteiger partial charge in [-0.1, -0.05) is 31.2 Å². The summed E-state index contributed by atoms with van der Waals surface area (Å²) in [7, 11) is 0. The minimum absolute atomic E-state index is 0.457. The summed E-state index contributed by atoms with van der Waals surface area (Å²) in [6, 6.07) is 9.91. The number of benzene rings is 1. The third-order valence-corrected chi connectivity index (χ3v) is 11.5. The van der Waals surface area contributed by atoms with E-state index in [1.54, 1.807) is 5.56 Å². The van der Waals surface area contributed by atoms with Crippen molar-refractivity contribution in [3.63, 3.8) is 0 Å². The van der Waals surface area contributed by atoms with E-state index in [0.29, 0.717) is 22.8 Å². The molecule has 0 saturated heterocycles. The first-order chi connectivity index (χ1) is 16.6. The first kappa shape index (κ1) is 21.1. The molecule has 4 saturated carbocycles. The molecule has 0 radical (unpaired) electrons. The average Bonchev–Trinajstić information content (AvgIpc) is 3.51. The molecular formula is C30H38N4. The fraction of sp³-hybridized carbons (Fsp3) is 0.633. The molecule has 4 nitrogen and oxygen atoms in total. The van der Waals surface area contributed by atoms with Gasteiger partial charge in [0, 0.05) is 24.0 Å². The molecule has 2 heterocycles. The van der Waals surface area contributed by atoms with Gasteiger partial charge in [-0.2, -0.15) is 0 Å². The predicted octanol–water partition coefficient (Wildman–Crippen LogP) is 7.19. The van der Waals surface area contributed by atoms with Gasteiger partial charge in [-0.05, 0) is 121 Å². The Morgan fingerprint density at radius 2 is 1.74 bits per heavy atom. The van der Waals surface area contributed by atoms with Gasteiger partial charge in [0.05, 0.1) is 12.2 Å². The molecule has 4 fully saturated rings. The third kappa shape index (κ3) is 2.99. The van der Waals surface area contributed by atoms with Gasteiger partial charge >= 0.3 is 0 Å². The van der Waals surface area contributed by atoms with Gasteiger partial charge in [0.2, 0.25) is 0 Å². The highest BCUT2D eigenvalue weighted by molar-refractivity contribution is 5.82. The summed E-state index contributed by atoms with van der Waals surface area (Å²) in [5.74, 6) is 4.30. The van der Waals surface area contributed by atoms with Crippen molar-refractivity contribution in [3.8, 4) is 0 Å². The topological polar surface area (TPSA) is 43.6 Å². The van der Waals surface area contributed by atoms with Crippen LogP contribution in [0.15, 0.2) is 49.1 Å². The molecule has 4 aliphatic rings. The smallest absolute Gasteiger partial charge is 0.0693 e. The summed E-state index contributed by atoms with van der Waals surface area (Å²) in [6.07, 6.45) is 20.3. The monoisotopic (exact) mass is 454 g/mol. The molecule has 0 spiro atoms. The minimum Gasteiger partial charge on any atom is -0.264 e. The zero-order chi connectivity index (χ0) is 22.9. The normalized spacial score (nSPS) is 41.6. The molecule has 1 aromatic carbocycles. The highest BCUT2D eigenvalue weighted by Gasteiger charge is 2.60. The van der Waals surface area contributed by atoms with Crippen molar-refractivity contribution in [3.05, 3.63) is 54.6 Å². The summed E-state index contributed by atoms with van der Waals surface area (Å²) < 4.78 is 2.14. The number of rotatable bonds is 2. The summed E-state index contributed by atoms with van der Waals surface area (Å²) in [4.78, 5) is 4.39. The lowest BCUT2D eigenvalue weighted by Gasteiger charge is -2.61. The quantitative estimate of drug-likeness (QED) is 0.411. The molecular weight excluding hydrogens is 416 g/mol. The number of fused-ring (bicyclic) bond motifs is 6. The van der Waals surface area contributed by atoms with E-state index in [1.165, 1.54) is 68.6 Å². The third-order valence-electron chi connectivity index (χ3n) is 11.5. The van der Waals surface area contributed by atoms with Crippen LogP contribution in [0, 0.1) is 34.5 Å². The molecule has 4 aliphatic carbocycles. The van der Waals surface area contributed by atoms with E-state index in [2.05, 4.69) is 64.3 Å². The van der Waals surface area contributed by atoms with Crippen LogP contribution in [-0.4, -0.2) is 20.0 Å². The molecule has 0 aliphatic heterocycles. The van der Waals surface area contributed by atoms with Crippen molar-refractivity contribution < 1.29 is 0 Å². The molecule has 178 valence electrons. The van der Waals surface area contributed by atoms with Gasteiger partial charge in [0.15, 0.2) is 0 Å². The van der Waals surface area contributed by atoms with Gasteiger partial charge in [0.25, 0.3) is 0 Å². The Bertz CT molecular complexity index is 1190. The second-order valence-electron chi connectivity index (χ2n) is 12.6. The average molecular weight is 455 g/mol. The van der Waals surface area contributed by atoms with Crippen molar-refractivity contribution >= 4 is 10.8 Å². The van der Waals surface area contributed by atoms with E-state index in [1.807, 2.05) is 18.6 Å². The van der Waals surface area contributed by atoms with Crippen LogP contribution in [-0.2, 0) is 0 Å². The molecule has 0 bridgehead atoms. The fourth-order valence-electron chi connectivity index (χ4n) is 9.76. The lowest BCUT2D eigenvalue weighted by molar-refractivity contribution is -0.113. The van der Waals surface area contributed by atoms with E-state index in [9.17, 15) is 0 Å². The minimum atomic E-state index is 0.457. The Hall–Kier alpha value is -2.23. The van der Waals surface area contributed by atoms with Crippen LogP contribution in [0.3, 0.4) is 0 Å². The van der Waals surface area contributed by atoms with Crippen LogP contribution in [0.1, 0.15) is 89.2 Å². The number of pyridine rings is 1. The van der Waals surface area contributed by atoms with Gasteiger partial charge in [-0.25, -0.2) is 4.68 Å². The number of aromatic nitrogens is 4. The van der Waals surface area contributed by atoms with Crippen LogP contribution >= 0.6 is 0 Å². The summed E-state index contributed by atoms with van der Waals surface area (Å²) in [5.41, 5.74) is 2.55. The van der Waals surface area contributed by atoms with Crippen LogP contribution in [0.4, 0.5) is 0 Å². The molecule has 7 rings (SSSR count). The van der Waals surface area contributed by atoms with E-state index in [0.717, 1.165) is 23.7 Å². The van der Waals surface area contributed by atoms with Crippen LogP contribution < -0.4 is 0 Å². The molecule has 0 N–H and O–H groups in total. The second kappa shape index (κ2) is 7.63. The fourth-order valence-corrected chi connectivity index (χ4v) is 9.76. The van der Waals surface area contributed by atoms with E-state index in [-0.39, 0.29) is 0 Å². The second-order valence-corrected chi connectivity index (χ2v) is 12.6. The lowest BCUT2D eigenvalue weighted by atomic mass is 9.44. The predicted molar refractivity (Wildman–Crippen MR) is 135 cm³/mol. The molecule has 0 amide bonds. The zero-order valence-electron chi connectivity index (χ0n) is 20.7. The number of hydrogen-bond acceptors (Lipinski definition) is 3. The number of nitrogens with zero attached hydrogens (tertiary/aromatic N) is 4. The van der Waals surface area contributed by atoms with Gasteiger partial charge in [-0.15, -0.1) is 5.10 Å². The van der Waals surface area contributed by atoms with E-state index >= 15 is 0 Å². The molecule has 8 atom stereocenters. The Kier molecular flexibility index (Phi) is 4.73. The van der Waals surface area contributed by atoms with Crippen molar-refractivity contribution in [1.82, 2.24) is 20.0 Å². The molecule has 34 heavy (non-hydrogen) atoms. The highest BCUT2D eigenvalue weighted by Crippen LogP contribution is 2.69. The largest absolute Gasteiger partial charge is 0.264 e. The lowest BCUT2D eigenvalue weighted by Crippen LogP contribution is -2.53. The molecule has 4 heteroatoms. The van der Waals surface area contributed by atoms with Crippen molar-refractivity contribution in [2.24, 2.45) is 34.5 Å². The Morgan fingerprint density at radius 1 is 0.853 bits per heavy atom. The Balaban J connectivity index is 1.15. The van der Waals surface area contributed by atoms with Gasteiger partial charge in [0.1, 0.15) is 0 Å². The van der Waals surface area contributed by atoms with Gasteiger partial charge < -0.3 is 0 Å². The van der Waals surface area contributed by atoms with E-state index in [4.69, 9.17) is 0 Å². The Morgan fingerprint density at radius 3 is 2.62 bits per heavy atom. The molecule has 3 aromatic rings. The standard InChI is InChI=1S/C30H38N4/c1-29-12-9-24(34-16-15-32-33-34)18-23(29)5-6-25-27-8-7-26(30(27,2)13-10-28(25)29)21-4-3-20-11-14-31-19-22(20)17-21/h3-4,11,14-17,19,23-28H,5-10,12-13,18H2,1-2H3/t23?,24-,25-,26+,27-,28-,29-,30+/m0/s1. The first-order valence-electron chi connectivity index (χ1n) is 13.8. The van der Waals surface area contributed by atoms with E-state index < -0.39 is 0 Å². The highest BCUT2D eigenvalue weighted by atomic mass is 15.4. The maximum atomic E-state index is 4.39. The van der Waals surface area contributed by atoms with Crippen LogP contribution in [0.5, 0.6) is 0 Å². The van der Waals surface area contributed by atoms with Crippen LogP contribution in [0.2, 0.25) is 0 Å².